The third-order valence-corrected chi connectivity index (χ3v) is 12.4. The molecule has 6 nitrogen and oxygen atoms in total. The molecule has 5 aromatic heterocycles. The van der Waals surface area contributed by atoms with Gasteiger partial charge in [0.25, 0.3) is 0 Å². The predicted molar refractivity (Wildman–Crippen MR) is 240 cm³/mol. The Morgan fingerprint density at radius 2 is 0.793 bits per heavy atom. The highest BCUT2D eigenvalue weighted by molar-refractivity contribution is 6.25. The number of allylic oxidation sites excluding steroid dienone is 4. The molecule has 272 valence electrons. The van der Waals surface area contributed by atoms with Gasteiger partial charge in [0.1, 0.15) is 0 Å². The summed E-state index contributed by atoms with van der Waals surface area (Å²) in [6.45, 7) is 0. The van der Waals surface area contributed by atoms with Crippen molar-refractivity contribution >= 4 is 87.2 Å². The average molecular weight is 743 g/mol. The topological polar surface area (TPSA) is 45.5 Å². The van der Waals surface area contributed by atoms with Crippen LogP contribution in [0.5, 0.6) is 0 Å². The van der Waals surface area contributed by atoms with Gasteiger partial charge in [-0.15, -0.1) is 10.2 Å². The van der Waals surface area contributed by atoms with Gasteiger partial charge in [-0.2, -0.15) is 0 Å². The van der Waals surface area contributed by atoms with Crippen LogP contribution in [0.1, 0.15) is 12.5 Å². The van der Waals surface area contributed by atoms with Gasteiger partial charge in [-0.05, 0) is 55.0 Å². The van der Waals surface area contributed by atoms with Crippen LogP contribution in [0.25, 0.3) is 105 Å². The van der Waals surface area contributed by atoms with Crippen LogP contribution in [-0.2, 0) is 0 Å². The normalized spacial score (nSPS) is 14.5. The maximum atomic E-state index is 5.15. The number of nitrogens with zero attached hydrogens (tertiary/aromatic N) is 6. The van der Waals surface area contributed by atoms with E-state index in [1.54, 1.807) is 0 Å². The monoisotopic (exact) mass is 742 g/mol. The quantitative estimate of drug-likeness (QED) is 0.180. The van der Waals surface area contributed by atoms with Crippen LogP contribution in [0.15, 0.2) is 188 Å². The number of benzene rings is 7. The van der Waals surface area contributed by atoms with Crippen LogP contribution in [0, 0.1) is 0 Å². The molecule has 12 aromatic rings. The molecular formula is C52H34N6. The minimum atomic E-state index is 0.191. The molecule has 0 aliphatic heterocycles. The zero-order valence-electron chi connectivity index (χ0n) is 31.4. The summed E-state index contributed by atoms with van der Waals surface area (Å²) in [5.41, 5.74) is 10.3. The molecule has 0 radical (unpaired) electrons. The molecule has 0 amide bonds. The molecule has 1 aliphatic carbocycles. The smallest absolute Gasteiger partial charge is 0.160 e. The highest BCUT2D eigenvalue weighted by atomic mass is 15.3. The van der Waals surface area contributed by atoms with Crippen LogP contribution < -0.4 is 0 Å². The predicted octanol–water partition coefficient (Wildman–Crippen LogP) is 12.9. The second-order valence-corrected chi connectivity index (χ2v) is 15.4. The number of fused-ring (bicyclic) bond motifs is 14. The van der Waals surface area contributed by atoms with Crippen molar-refractivity contribution in [3.05, 3.63) is 188 Å². The second kappa shape index (κ2) is 11.9. The van der Waals surface area contributed by atoms with Crippen molar-refractivity contribution in [3.8, 4) is 17.3 Å². The fourth-order valence-corrected chi connectivity index (χ4v) is 10.0. The SMILES string of the molecule is C1=CC[C@H](n2c3ccccc3c3ccc4c5ccccc5n(-c5ccc(-n6c7ccccc7c7ccc8c9ccccc9n(-c9ccccc9)c8c76)nn5)c4c32)C=C1. The van der Waals surface area contributed by atoms with Crippen molar-refractivity contribution in [1.82, 2.24) is 28.5 Å². The zero-order chi connectivity index (χ0) is 37.9. The Bertz CT molecular complexity index is 3700. The molecule has 0 saturated carbocycles. The van der Waals surface area contributed by atoms with E-state index in [2.05, 4.69) is 206 Å². The third kappa shape index (κ3) is 4.21. The van der Waals surface area contributed by atoms with Crippen molar-refractivity contribution in [2.45, 2.75) is 12.5 Å². The van der Waals surface area contributed by atoms with Gasteiger partial charge in [-0.25, -0.2) is 0 Å². The van der Waals surface area contributed by atoms with Gasteiger partial charge >= 0.3 is 0 Å². The van der Waals surface area contributed by atoms with Gasteiger partial charge in [0.05, 0.1) is 44.7 Å². The summed E-state index contributed by atoms with van der Waals surface area (Å²) in [4.78, 5) is 0. The van der Waals surface area contributed by atoms with Gasteiger partial charge in [-0.1, -0.05) is 140 Å². The lowest BCUT2D eigenvalue weighted by Crippen LogP contribution is -2.08. The molecule has 0 fully saturated rings. The fraction of sp³-hybridized carbons (Fsp3) is 0.0385. The molecule has 0 N–H and O–H groups in total. The first-order chi connectivity index (χ1) is 28.8. The summed E-state index contributed by atoms with van der Waals surface area (Å²) in [5, 5.41) is 20.0. The van der Waals surface area contributed by atoms with Crippen molar-refractivity contribution < 1.29 is 0 Å². The highest BCUT2D eigenvalue weighted by Crippen LogP contribution is 2.44. The molecule has 1 aliphatic rings. The molecule has 0 saturated heterocycles. The van der Waals surface area contributed by atoms with Gasteiger partial charge < -0.3 is 9.13 Å². The van der Waals surface area contributed by atoms with Gasteiger partial charge in [0, 0.05) is 54.3 Å². The summed E-state index contributed by atoms with van der Waals surface area (Å²) in [6.07, 6.45) is 9.86. The Labute approximate surface area is 332 Å². The van der Waals surface area contributed by atoms with Crippen LogP contribution in [0.3, 0.4) is 0 Å². The Morgan fingerprint density at radius 1 is 0.362 bits per heavy atom. The van der Waals surface area contributed by atoms with E-state index in [-0.39, 0.29) is 6.04 Å². The Kier molecular flexibility index (Phi) is 6.46. The lowest BCUT2D eigenvalue weighted by molar-refractivity contribution is 0.648. The van der Waals surface area contributed by atoms with Gasteiger partial charge in [0.2, 0.25) is 0 Å². The summed E-state index contributed by atoms with van der Waals surface area (Å²) >= 11 is 0. The highest BCUT2D eigenvalue weighted by Gasteiger charge is 2.25. The van der Waals surface area contributed by atoms with E-state index < -0.39 is 0 Å². The molecule has 0 unspecified atom stereocenters. The van der Waals surface area contributed by atoms with Gasteiger partial charge in [0.15, 0.2) is 11.6 Å². The van der Waals surface area contributed by atoms with E-state index in [1.807, 2.05) is 0 Å². The lowest BCUT2D eigenvalue weighted by atomic mass is 10.1. The van der Waals surface area contributed by atoms with Crippen molar-refractivity contribution in [1.29, 1.82) is 0 Å². The number of para-hydroxylation sites is 5. The zero-order valence-corrected chi connectivity index (χ0v) is 31.4. The standard InChI is InChI=1S/C52H34N6/c1-3-15-33(16-4-1)55-43-23-11-7-19-35(43)39-27-29-41-37-21-9-13-25-45(37)57(51(41)49(39)55)47-31-32-48(54-53-47)58-46-26-14-10-22-38(46)42-30-28-40-36-20-8-12-24-44(36)56(50(40)52(42)58)34-17-5-2-6-18-34/h1-17,19-32,34H,18H2/t34-/m1/s1. The minimum Gasteiger partial charge on any atom is -0.331 e. The molecule has 58 heavy (non-hydrogen) atoms. The van der Waals surface area contributed by atoms with Crippen LogP contribution in [0.4, 0.5) is 0 Å². The minimum absolute atomic E-state index is 0.191. The number of aromatic nitrogens is 6. The molecular weight excluding hydrogens is 709 g/mol. The Balaban J connectivity index is 1.10. The van der Waals surface area contributed by atoms with E-state index >= 15 is 0 Å². The fourth-order valence-electron chi connectivity index (χ4n) is 10.0. The Hall–Kier alpha value is -7.70. The Morgan fingerprint density at radius 3 is 1.31 bits per heavy atom. The van der Waals surface area contributed by atoms with Crippen molar-refractivity contribution in [2.24, 2.45) is 0 Å². The molecule has 0 bridgehead atoms. The van der Waals surface area contributed by atoms with Crippen molar-refractivity contribution in [2.75, 3.05) is 0 Å². The maximum absolute atomic E-state index is 5.15. The second-order valence-electron chi connectivity index (χ2n) is 15.4. The largest absolute Gasteiger partial charge is 0.331 e. The first kappa shape index (κ1) is 31.5. The number of hydrogen-bond donors (Lipinski definition) is 0. The third-order valence-electron chi connectivity index (χ3n) is 12.4. The van der Waals surface area contributed by atoms with E-state index in [0.717, 1.165) is 51.3 Å². The molecule has 6 heteroatoms. The van der Waals surface area contributed by atoms with E-state index in [0.29, 0.717) is 0 Å². The maximum Gasteiger partial charge on any atom is 0.160 e. The number of rotatable bonds is 4. The van der Waals surface area contributed by atoms with Crippen LogP contribution >= 0.6 is 0 Å². The van der Waals surface area contributed by atoms with E-state index in [1.165, 1.54) is 59.6 Å². The molecule has 1 atom stereocenters. The van der Waals surface area contributed by atoms with E-state index in [9.17, 15) is 0 Å². The summed E-state index contributed by atoms with van der Waals surface area (Å²) < 4.78 is 9.59. The lowest BCUT2D eigenvalue weighted by Gasteiger charge is -2.19. The first-order valence-electron chi connectivity index (χ1n) is 20.0. The van der Waals surface area contributed by atoms with Crippen LogP contribution in [-0.4, -0.2) is 28.5 Å². The average Bonchev–Trinajstić information content (AvgIpc) is 4.02. The van der Waals surface area contributed by atoms with Gasteiger partial charge in [-0.3, -0.25) is 9.13 Å². The summed E-state index contributed by atoms with van der Waals surface area (Å²) in [6, 6.07) is 59.2. The van der Waals surface area contributed by atoms with Crippen molar-refractivity contribution in [3.63, 3.8) is 0 Å². The molecule has 13 rings (SSSR count). The molecule has 5 heterocycles. The molecule has 7 aromatic carbocycles. The number of hydrogen-bond acceptors (Lipinski definition) is 2. The molecule has 0 spiro atoms. The first-order valence-corrected chi connectivity index (χ1v) is 20.0. The van der Waals surface area contributed by atoms with Crippen LogP contribution in [0.2, 0.25) is 0 Å². The van der Waals surface area contributed by atoms with E-state index in [4.69, 9.17) is 10.2 Å². The summed E-state index contributed by atoms with van der Waals surface area (Å²) in [7, 11) is 0. The summed E-state index contributed by atoms with van der Waals surface area (Å²) in [5.74, 6) is 1.55.